The molecule has 0 saturated heterocycles. The number of nitrogen functional groups attached to an aromatic ring is 1. The maximum absolute atomic E-state index is 6.08. The smallest absolute Gasteiger partial charge is 0.145 e. The zero-order valence-electron chi connectivity index (χ0n) is 11.5. The van der Waals surface area contributed by atoms with Crippen molar-refractivity contribution < 1.29 is 4.74 Å². The van der Waals surface area contributed by atoms with Crippen LogP contribution in [0.3, 0.4) is 0 Å². The lowest BCUT2D eigenvalue weighted by Gasteiger charge is -2.16. The number of ether oxygens (including phenoxy) is 1. The summed E-state index contributed by atoms with van der Waals surface area (Å²) in [6.07, 6.45) is -0.0457. The molecule has 1 heterocycles. The zero-order chi connectivity index (χ0) is 14.1. The largest absolute Gasteiger partial charge is 0.484 e. The van der Waals surface area contributed by atoms with Gasteiger partial charge in [0.2, 0.25) is 0 Å². The van der Waals surface area contributed by atoms with Crippen LogP contribution in [0.5, 0.6) is 5.75 Å². The number of rotatable bonds is 3. The first-order chi connectivity index (χ1) is 9.63. The van der Waals surface area contributed by atoms with E-state index in [-0.39, 0.29) is 6.10 Å². The van der Waals surface area contributed by atoms with E-state index in [1.54, 1.807) is 11.3 Å². The number of hydrogen-bond acceptors (Lipinski definition) is 4. The Morgan fingerprint density at radius 3 is 2.70 bits per heavy atom. The van der Waals surface area contributed by atoms with Crippen LogP contribution in [-0.4, -0.2) is 4.98 Å². The third-order valence-corrected chi connectivity index (χ3v) is 4.13. The van der Waals surface area contributed by atoms with Gasteiger partial charge in [-0.2, -0.15) is 0 Å². The van der Waals surface area contributed by atoms with E-state index >= 15 is 0 Å². The van der Waals surface area contributed by atoms with Crippen LogP contribution in [0.15, 0.2) is 42.5 Å². The third-order valence-electron chi connectivity index (χ3n) is 3.20. The van der Waals surface area contributed by atoms with Gasteiger partial charge < -0.3 is 10.5 Å². The lowest BCUT2D eigenvalue weighted by Crippen LogP contribution is -2.04. The van der Waals surface area contributed by atoms with Crippen LogP contribution in [-0.2, 0) is 0 Å². The van der Waals surface area contributed by atoms with Crippen LogP contribution in [0.2, 0.25) is 0 Å². The Morgan fingerprint density at radius 1 is 1.20 bits per heavy atom. The average molecular weight is 284 g/mol. The number of aromatic nitrogens is 1. The van der Waals surface area contributed by atoms with Gasteiger partial charge in [-0.3, -0.25) is 0 Å². The quantitative estimate of drug-likeness (QED) is 0.728. The molecule has 3 nitrogen and oxygen atoms in total. The molecule has 0 aliphatic heterocycles. The molecule has 3 aromatic rings. The molecule has 0 amide bonds. The summed E-state index contributed by atoms with van der Waals surface area (Å²) in [6.45, 7) is 4.01. The van der Waals surface area contributed by atoms with Gasteiger partial charge in [-0.05, 0) is 25.5 Å². The Labute approximate surface area is 122 Å². The predicted octanol–water partition coefficient (Wildman–Crippen LogP) is 4.33. The fourth-order valence-electron chi connectivity index (χ4n) is 2.17. The van der Waals surface area contributed by atoms with Gasteiger partial charge in [-0.25, -0.2) is 4.98 Å². The molecule has 20 heavy (non-hydrogen) atoms. The molecule has 102 valence electrons. The Hall–Kier alpha value is -2.07. The monoisotopic (exact) mass is 284 g/mol. The molecule has 1 atom stereocenters. The van der Waals surface area contributed by atoms with Crippen molar-refractivity contribution in [2.24, 2.45) is 0 Å². The molecular formula is C16H16N2OS. The van der Waals surface area contributed by atoms with Crippen LogP contribution >= 0.6 is 11.3 Å². The Bertz CT molecular complexity index is 737. The molecule has 0 saturated carbocycles. The number of nitrogens with two attached hydrogens (primary N) is 1. The van der Waals surface area contributed by atoms with E-state index < -0.39 is 0 Å². The van der Waals surface area contributed by atoms with E-state index in [9.17, 15) is 0 Å². The number of thiazole rings is 1. The molecule has 2 aromatic carbocycles. The molecule has 0 radical (unpaired) electrons. The fourth-order valence-corrected chi connectivity index (χ4v) is 3.03. The number of nitrogens with zero attached hydrogens (tertiary/aromatic N) is 1. The lowest BCUT2D eigenvalue weighted by atomic mass is 10.1. The molecule has 0 spiro atoms. The second kappa shape index (κ2) is 5.13. The summed E-state index contributed by atoms with van der Waals surface area (Å²) in [6, 6.07) is 14.0. The van der Waals surface area contributed by atoms with Gasteiger partial charge in [0, 0.05) is 6.07 Å². The summed E-state index contributed by atoms with van der Waals surface area (Å²) < 4.78 is 7.09. The van der Waals surface area contributed by atoms with Crippen LogP contribution in [0.1, 0.15) is 23.6 Å². The lowest BCUT2D eigenvalue weighted by molar-refractivity contribution is 0.228. The van der Waals surface area contributed by atoms with Crippen molar-refractivity contribution in [3.05, 3.63) is 53.0 Å². The standard InChI is InChI=1S/C16H16N2OS/c1-10(12-6-4-3-5-7-12)19-15-9-14-16(8-13(15)17)20-11(2)18-14/h3-10H,17H2,1-2H3. The second-order valence-electron chi connectivity index (χ2n) is 4.76. The first kappa shape index (κ1) is 12.9. The van der Waals surface area contributed by atoms with Gasteiger partial charge in [0.1, 0.15) is 11.9 Å². The predicted molar refractivity (Wildman–Crippen MR) is 84.3 cm³/mol. The normalized spacial score (nSPS) is 12.5. The highest BCUT2D eigenvalue weighted by atomic mass is 32.1. The van der Waals surface area contributed by atoms with Crippen molar-refractivity contribution in [1.29, 1.82) is 0 Å². The molecular weight excluding hydrogens is 268 g/mol. The summed E-state index contributed by atoms with van der Waals surface area (Å²) in [5.41, 5.74) is 8.80. The zero-order valence-corrected chi connectivity index (χ0v) is 12.3. The number of anilines is 1. The van der Waals surface area contributed by atoms with Crippen molar-refractivity contribution in [1.82, 2.24) is 4.98 Å². The minimum absolute atomic E-state index is 0.0457. The number of hydrogen-bond donors (Lipinski definition) is 1. The van der Waals surface area contributed by atoms with Gasteiger partial charge in [-0.1, -0.05) is 30.3 Å². The topological polar surface area (TPSA) is 48.1 Å². The maximum Gasteiger partial charge on any atom is 0.145 e. The molecule has 0 aliphatic rings. The SMILES string of the molecule is Cc1nc2cc(OC(C)c3ccccc3)c(N)cc2s1. The summed E-state index contributed by atoms with van der Waals surface area (Å²) in [4.78, 5) is 4.48. The van der Waals surface area contributed by atoms with E-state index in [2.05, 4.69) is 4.98 Å². The van der Waals surface area contributed by atoms with E-state index in [0.29, 0.717) is 11.4 Å². The summed E-state index contributed by atoms with van der Waals surface area (Å²) in [5.74, 6) is 0.694. The molecule has 0 bridgehead atoms. The molecule has 1 unspecified atom stereocenters. The van der Waals surface area contributed by atoms with Crippen molar-refractivity contribution in [2.45, 2.75) is 20.0 Å². The van der Waals surface area contributed by atoms with Gasteiger partial charge in [0.05, 0.1) is 20.9 Å². The average Bonchev–Trinajstić information content (AvgIpc) is 2.79. The summed E-state index contributed by atoms with van der Waals surface area (Å²) in [5, 5.41) is 1.03. The molecule has 2 N–H and O–H groups in total. The number of benzene rings is 2. The first-order valence-electron chi connectivity index (χ1n) is 6.52. The molecule has 4 heteroatoms. The van der Waals surface area contributed by atoms with Crippen molar-refractivity contribution in [2.75, 3.05) is 5.73 Å². The van der Waals surface area contributed by atoms with Gasteiger partial charge in [-0.15, -0.1) is 11.3 Å². The van der Waals surface area contributed by atoms with Gasteiger partial charge in [0.15, 0.2) is 0 Å². The molecule has 0 fully saturated rings. The molecule has 0 aliphatic carbocycles. The maximum atomic E-state index is 6.08. The van der Waals surface area contributed by atoms with Crippen molar-refractivity contribution in [3.63, 3.8) is 0 Å². The highest BCUT2D eigenvalue weighted by molar-refractivity contribution is 7.18. The van der Waals surface area contributed by atoms with Gasteiger partial charge in [0.25, 0.3) is 0 Å². The van der Waals surface area contributed by atoms with Crippen molar-refractivity contribution >= 4 is 27.2 Å². The summed E-state index contributed by atoms with van der Waals surface area (Å²) >= 11 is 1.64. The Morgan fingerprint density at radius 2 is 1.95 bits per heavy atom. The van der Waals surface area contributed by atoms with Crippen LogP contribution in [0.4, 0.5) is 5.69 Å². The number of fused-ring (bicyclic) bond motifs is 1. The summed E-state index contributed by atoms with van der Waals surface area (Å²) in [7, 11) is 0. The van der Waals surface area contributed by atoms with Crippen LogP contribution in [0, 0.1) is 6.92 Å². The van der Waals surface area contributed by atoms with E-state index in [1.165, 1.54) is 0 Å². The minimum atomic E-state index is -0.0457. The Kier molecular flexibility index (Phi) is 3.32. The van der Waals surface area contributed by atoms with Gasteiger partial charge >= 0.3 is 0 Å². The van der Waals surface area contributed by atoms with Crippen molar-refractivity contribution in [3.8, 4) is 5.75 Å². The highest BCUT2D eigenvalue weighted by Gasteiger charge is 2.11. The third kappa shape index (κ3) is 2.47. The second-order valence-corrected chi connectivity index (χ2v) is 6.00. The molecule has 3 rings (SSSR count). The van der Waals surface area contributed by atoms with Crippen LogP contribution < -0.4 is 10.5 Å². The number of aryl methyl sites for hydroxylation is 1. The molecule has 1 aromatic heterocycles. The first-order valence-corrected chi connectivity index (χ1v) is 7.33. The van der Waals surface area contributed by atoms with E-state index in [1.807, 2.05) is 56.3 Å². The van der Waals surface area contributed by atoms with E-state index in [4.69, 9.17) is 10.5 Å². The van der Waals surface area contributed by atoms with Crippen LogP contribution in [0.25, 0.3) is 10.2 Å². The minimum Gasteiger partial charge on any atom is -0.484 e. The fraction of sp³-hybridized carbons (Fsp3) is 0.188. The highest BCUT2D eigenvalue weighted by Crippen LogP contribution is 2.33. The Balaban J connectivity index is 1.92. The van der Waals surface area contributed by atoms with E-state index in [0.717, 1.165) is 20.8 Å².